The monoisotopic (exact) mass is 85.1 g/mol. The lowest BCUT2D eigenvalue weighted by Crippen LogP contribution is -1.90. The van der Waals surface area contributed by atoms with Gasteiger partial charge in [0.1, 0.15) is 1.37 Å². The molecule has 0 unspecified atom stereocenters. The van der Waals surface area contributed by atoms with E-state index in [2.05, 4.69) is 0 Å². The Morgan fingerprint density at radius 2 is 2.83 bits per heavy atom. The minimum absolute atomic E-state index is 0.339. The van der Waals surface area contributed by atoms with E-state index in [0.717, 1.165) is 19.4 Å². The van der Waals surface area contributed by atoms with E-state index in [1.807, 2.05) is 0 Å². The van der Waals surface area contributed by atoms with Crippen LogP contribution in [-0.4, -0.2) is 6.61 Å². The second kappa shape index (κ2) is 1.85. The lowest BCUT2D eigenvalue weighted by atomic mass is 10.3. The molecular formula is C5H8O. The van der Waals surface area contributed by atoms with E-state index in [1.54, 1.807) is 6.08 Å². The van der Waals surface area contributed by atoms with Crippen LogP contribution in [0.25, 0.3) is 0 Å². The summed E-state index contributed by atoms with van der Waals surface area (Å²) in [6, 6.07) is 0. The molecule has 0 aromatic rings. The van der Waals surface area contributed by atoms with Gasteiger partial charge < -0.3 is 4.74 Å². The van der Waals surface area contributed by atoms with Gasteiger partial charge >= 0.3 is 0 Å². The van der Waals surface area contributed by atoms with Crippen LogP contribution in [0.3, 0.4) is 0 Å². The first-order chi connectivity index (χ1) is 3.39. The lowest BCUT2D eigenvalue weighted by Gasteiger charge is -2.01. The van der Waals surface area contributed by atoms with E-state index in [9.17, 15) is 0 Å². The highest BCUT2D eigenvalue weighted by molar-refractivity contribution is 4.76. The van der Waals surface area contributed by atoms with Crippen molar-refractivity contribution in [3.05, 3.63) is 12.3 Å². The summed E-state index contributed by atoms with van der Waals surface area (Å²) in [6.45, 7) is 0.731. The largest absolute Gasteiger partial charge is 0.502 e. The van der Waals surface area contributed by atoms with Crippen LogP contribution < -0.4 is 0 Å². The van der Waals surface area contributed by atoms with Gasteiger partial charge in [-0.3, -0.25) is 0 Å². The predicted octanol–water partition coefficient (Wildman–Crippen LogP) is 1.31. The maximum absolute atomic E-state index is 6.91. The van der Waals surface area contributed by atoms with E-state index in [-0.39, 0.29) is 0 Å². The van der Waals surface area contributed by atoms with Crippen LogP contribution in [0.15, 0.2) is 12.3 Å². The van der Waals surface area contributed by atoms with Crippen molar-refractivity contribution in [1.82, 2.24) is 0 Å². The molecule has 0 bridgehead atoms. The maximum atomic E-state index is 6.91. The number of rotatable bonds is 0. The molecule has 0 spiro atoms. The molecule has 0 radical (unpaired) electrons. The fourth-order valence-electron chi connectivity index (χ4n) is 0.434. The first-order valence-corrected chi connectivity index (χ1v) is 2.19. The highest BCUT2D eigenvalue weighted by atomic mass is 16.5. The highest BCUT2D eigenvalue weighted by Gasteiger charge is 1.86. The van der Waals surface area contributed by atoms with Crippen molar-refractivity contribution in [3.63, 3.8) is 0 Å². The molecular weight excluding hydrogens is 76.1 g/mol. The van der Waals surface area contributed by atoms with Crippen molar-refractivity contribution in [2.45, 2.75) is 12.8 Å². The molecule has 0 saturated heterocycles. The Labute approximate surface area is 39.0 Å². The number of hydrogen-bond acceptors (Lipinski definition) is 1. The summed E-state index contributed by atoms with van der Waals surface area (Å²) < 4.78 is 11.7. The quantitative estimate of drug-likeness (QED) is 0.431. The van der Waals surface area contributed by atoms with Crippen LogP contribution in [0.4, 0.5) is 0 Å². The van der Waals surface area contributed by atoms with Gasteiger partial charge in [0, 0.05) is 0 Å². The van der Waals surface area contributed by atoms with Crippen LogP contribution in [0.5, 0.6) is 0 Å². The van der Waals surface area contributed by atoms with E-state index >= 15 is 0 Å². The summed E-state index contributed by atoms with van der Waals surface area (Å²) >= 11 is 0. The van der Waals surface area contributed by atoms with E-state index < -0.39 is 0 Å². The summed E-state index contributed by atoms with van der Waals surface area (Å²) in [5.74, 6) is 0. The molecule has 1 nitrogen and oxygen atoms in total. The zero-order valence-corrected chi connectivity index (χ0v) is 3.61. The van der Waals surface area contributed by atoms with Gasteiger partial charge in [-0.25, -0.2) is 0 Å². The summed E-state index contributed by atoms with van der Waals surface area (Å²) in [5, 5.41) is 0. The summed E-state index contributed by atoms with van der Waals surface area (Å²) in [6.07, 6.45) is 4.22. The first kappa shape index (κ1) is 2.67. The van der Waals surface area contributed by atoms with Gasteiger partial charge in [-0.1, -0.05) is 0 Å². The zero-order valence-electron chi connectivity index (χ0n) is 4.61. The molecule has 0 aromatic heterocycles. The van der Waals surface area contributed by atoms with Crippen molar-refractivity contribution in [2.75, 3.05) is 6.61 Å². The third-order valence-corrected chi connectivity index (χ3v) is 0.762. The summed E-state index contributed by atoms with van der Waals surface area (Å²) in [5.41, 5.74) is 0. The minimum atomic E-state index is 0.339. The fraction of sp³-hybridized carbons (Fsp3) is 0.600. The summed E-state index contributed by atoms with van der Waals surface area (Å²) in [7, 11) is 0. The lowest BCUT2D eigenvalue weighted by molar-refractivity contribution is 0.231. The molecule has 0 saturated carbocycles. The van der Waals surface area contributed by atoms with E-state index in [4.69, 9.17) is 6.11 Å². The van der Waals surface area contributed by atoms with Crippen molar-refractivity contribution >= 4 is 0 Å². The average Bonchev–Trinajstić information content (AvgIpc) is 1.69. The van der Waals surface area contributed by atoms with Crippen molar-refractivity contribution < 1.29 is 6.11 Å². The maximum Gasteiger partial charge on any atom is 0.103 e. The molecule has 6 heavy (non-hydrogen) atoms. The molecule has 0 atom stereocenters. The van der Waals surface area contributed by atoms with Crippen LogP contribution in [0, 0.1) is 0 Å². The van der Waals surface area contributed by atoms with E-state index in [1.165, 1.54) is 0 Å². The molecule has 0 aromatic carbocycles. The van der Waals surface area contributed by atoms with Crippen LogP contribution in [0.1, 0.15) is 14.2 Å². The Balaban J connectivity index is 2.40. The molecule has 0 amide bonds. The highest BCUT2D eigenvalue weighted by Crippen LogP contribution is 1.97. The molecule has 1 aliphatic heterocycles. The van der Waals surface area contributed by atoms with Crippen molar-refractivity contribution in [1.29, 1.82) is 0 Å². The second-order valence-electron chi connectivity index (χ2n) is 1.31. The molecule has 0 aliphatic carbocycles. The van der Waals surface area contributed by atoms with Gasteiger partial charge in [0.25, 0.3) is 0 Å². The van der Waals surface area contributed by atoms with Gasteiger partial charge in [0.05, 0.1) is 12.8 Å². The van der Waals surface area contributed by atoms with Gasteiger partial charge in [-0.2, -0.15) is 0 Å². The fourth-order valence-corrected chi connectivity index (χ4v) is 0.434. The minimum Gasteiger partial charge on any atom is -0.502 e. The molecule has 34 valence electrons. The molecule has 1 aliphatic rings. The smallest absolute Gasteiger partial charge is 0.103 e. The van der Waals surface area contributed by atoms with Crippen molar-refractivity contribution in [2.24, 2.45) is 0 Å². The Morgan fingerprint density at radius 3 is 3.17 bits per heavy atom. The third-order valence-electron chi connectivity index (χ3n) is 0.762. The normalized spacial score (nSPS) is 24.0. The topological polar surface area (TPSA) is 9.23 Å². The Kier molecular flexibility index (Phi) is 0.825. The molecule has 1 heteroatoms. The van der Waals surface area contributed by atoms with Crippen LogP contribution in [0.2, 0.25) is 0 Å². The third kappa shape index (κ3) is 0.744. The average molecular weight is 85.1 g/mol. The van der Waals surface area contributed by atoms with Crippen molar-refractivity contribution in [3.8, 4) is 0 Å². The van der Waals surface area contributed by atoms with E-state index in [0.29, 0.717) is 6.24 Å². The standard InChI is InChI=1S/C5H8O/c1-2-4-6-5-3-1/h2,4H,1,3,5H2/i4D. The second-order valence-corrected chi connectivity index (χ2v) is 1.31. The first-order valence-electron chi connectivity index (χ1n) is 2.69. The summed E-state index contributed by atoms with van der Waals surface area (Å²) in [4.78, 5) is 0. The Bertz CT molecular complexity index is 88.1. The van der Waals surface area contributed by atoms with Crippen LogP contribution >= 0.6 is 0 Å². The predicted molar refractivity (Wildman–Crippen MR) is 24.3 cm³/mol. The number of ether oxygens (including phenoxy) is 1. The van der Waals surface area contributed by atoms with Gasteiger partial charge in [0.15, 0.2) is 0 Å². The SMILES string of the molecule is [2H]C1=CCCCO1. The zero-order chi connectivity index (χ0) is 5.11. The Morgan fingerprint density at radius 1 is 1.83 bits per heavy atom. The molecule has 0 fully saturated rings. The number of allylic oxidation sites excluding steroid dienone is 1. The van der Waals surface area contributed by atoms with Gasteiger partial charge in [-0.05, 0) is 18.9 Å². The van der Waals surface area contributed by atoms with Gasteiger partial charge in [-0.15, -0.1) is 0 Å². The van der Waals surface area contributed by atoms with Crippen LogP contribution in [-0.2, 0) is 4.74 Å². The molecule has 1 rings (SSSR count). The van der Waals surface area contributed by atoms with Gasteiger partial charge in [0.2, 0.25) is 0 Å². The molecule has 1 heterocycles. The molecule has 0 N–H and O–H groups in total. The Hall–Kier alpha value is -0.460. The number of hydrogen-bond donors (Lipinski definition) is 0.